The second kappa shape index (κ2) is 5.42. The number of aromatic nitrogens is 2. The third kappa shape index (κ3) is 2.42. The lowest BCUT2D eigenvalue weighted by molar-refractivity contribution is -0.389. The van der Waals surface area contributed by atoms with Gasteiger partial charge in [-0.05, 0) is 29.7 Å². The van der Waals surface area contributed by atoms with Gasteiger partial charge in [0.2, 0.25) is 0 Å². The maximum Gasteiger partial charge on any atom is 0.397 e. The van der Waals surface area contributed by atoms with Crippen molar-refractivity contribution in [2.24, 2.45) is 0 Å². The smallest absolute Gasteiger partial charge is 0.358 e. The average Bonchev–Trinajstić information content (AvgIpc) is 2.94. The van der Waals surface area contributed by atoms with Gasteiger partial charge in [-0.2, -0.15) is 4.68 Å². The molecule has 3 rings (SSSR count). The standard InChI is InChI=1S/C14H15N3O3/c18-17(19)14-12(11-6-2-1-3-7-11)10-16(15-14)13-8-4-5-9-20-13/h1-3,6-7,10,13H,4-5,8-9H2. The van der Waals surface area contributed by atoms with E-state index in [1.165, 1.54) is 0 Å². The van der Waals surface area contributed by atoms with Crippen LogP contribution >= 0.6 is 0 Å². The lowest BCUT2D eigenvalue weighted by Gasteiger charge is -2.20. The largest absolute Gasteiger partial charge is 0.397 e. The second-order valence-electron chi connectivity index (χ2n) is 4.79. The minimum absolute atomic E-state index is 0.120. The molecular formula is C14H15N3O3. The average molecular weight is 273 g/mol. The van der Waals surface area contributed by atoms with Crippen LogP contribution in [0.5, 0.6) is 0 Å². The van der Waals surface area contributed by atoms with Crippen LogP contribution in [-0.2, 0) is 4.74 Å². The summed E-state index contributed by atoms with van der Waals surface area (Å²) in [5.41, 5.74) is 1.33. The number of hydrogen-bond donors (Lipinski definition) is 0. The second-order valence-corrected chi connectivity index (χ2v) is 4.79. The van der Waals surface area contributed by atoms with Gasteiger partial charge in [-0.1, -0.05) is 30.3 Å². The van der Waals surface area contributed by atoms with Crippen molar-refractivity contribution in [2.75, 3.05) is 6.61 Å². The Bertz CT molecular complexity index is 603. The molecule has 0 spiro atoms. The molecule has 1 saturated heterocycles. The van der Waals surface area contributed by atoms with Crippen molar-refractivity contribution >= 4 is 5.82 Å². The van der Waals surface area contributed by atoms with Gasteiger partial charge in [0.25, 0.3) is 0 Å². The molecule has 0 saturated carbocycles. The lowest BCUT2D eigenvalue weighted by atomic mass is 10.1. The van der Waals surface area contributed by atoms with Gasteiger partial charge < -0.3 is 14.9 Å². The fourth-order valence-electron chi connectivity index (χ4n) is 2.42. The topological polar surface area (TPSA) is 70.2 Å². The number of benzene rings is 1. The summed E-state index contributed by atoms with van der Waals surface area (Å²) < 4.78 is 7.21. The first-order chi connectivity index (χ1) is 9.75. The SMILES string of the molecule is O=[N+]([O-])c1nn(C2CCCCO2)cc1-c1ccccc1. The summed E-state index contributed by atoms with van der Waals surface area (Å²) in [5, 5.41) is 15.3. The van der Waals surface area contributed by atoms with E-state index >= 15 is 0 Å². The first-order valence-corrected chi connectivity index (χ1v) is 6.66. The highest BCUT2D eigenvalue weighted by atomic mass is 16.6. The molecule has 0 aliphatic carbocycles. The molecule has 0 bridgehead atoms. The third-order valence-corrected chi connectivity index (χ3v) is 3.42. The molecule has 0 amide bonds. The van der Waals surface area contributed by atoms with Crippen molar-refractivity contribution in [3.05, 3.63) is 46.6 Å². The number of ether oxygens (including phenoxy) is 1. The molecule has 6 heteroatoms. The zero-order valence-corrected chi connectivity index (χ0v) is 10.9. The summed E-state index contributed by atoms with van der Waals surface area (Å²) in [4.78, 5) is 10.7. The Hall–Kier alpha value is -2.21. The van der Waals surface area contributed by atoms with Gasteiger partial charge in [-0.25, -0.2) is 0 Å². The molecule has 1 atom stereocenters. The van der Waals surface area contributed by atoms with Gasteiger partial charge in [0.15, 0.2) is 6.23 Å². The number of rotatable bonds is 3. The molecular weight excluding hydrogens is 258 g/mol. The molecule has 1 fully saturated rings. The van der Waals surface area contributed by atoms with Gasteiger partial charge >= 0.3 is 5.82 Å². The third-order valence-electron chi connectivity index (χ3n) is 3.42. The minimum Gasteiger partial charge on any atom is -0.358 e. The predicted octanol–water partition coefficient (Wildman–Crippen LogP) is 3.16. The monoisotopic (exact) mass is 273 g/mol. The molecule has 1 aromatic heterocycles. The Morgan fingerprint density at radius 2 is 2.10 bits per heavy atom. The van der Waals surface area contributed by atoms with Crippen LogP contribution in [0.1, 0.15) is 25.5 Å². The molecule has 104 valence electrons. The van der Waals surface area contributed by atoms with Crippen molar-refractivity contribution in [2.45, 2.75) is 25.5 Å². The van der Waals surface area contributed by atoms with E-state index in [0.717, 1.165) is 24.8 Å². The zero-order valence-electron chi connectivity index (χ0n) is 10.9. The summed E-state index contributed by atoms with van der Waals surface area (Å²) in [7, 11) is 0. The highest BCUT2D eigenvalue weighted by Crippen LogP contribution is 2.31. The molecule has 2 aromatic rings. The Morgan fingerprint density at radius 1 is 1.30 bits per heavy atom. The minimum atomic E-state index is -0.443. The van der Waals surface area contributed by atoms with Crippen LogP contribution in [0.2, 0.25) is 0 Å². The molecule has 1 aromatic carbocycles. The van der Waals surface area contributed by atoms with Crippen molar-refractivity contribution < 1.29 is 9.66 Å². The number of hydrogen-bond acceptors (Lipinski definition) is 4. The summed E-state index contributed by atoms with van der Waals surface area (Å²) in [6, 6.07) is 9.27. The Balaban J connectivity index is 2.00. The van der Waals surface area contributed by atoms with Crippen molar-refractivity contribution in [1.82, 2.24) is 9.78 Å². The van der Waals surface area contributed by atoms with Crippen LogP contribution in [0.15, 0.2) is 36.5 Å². The molecule has 1 aliphatic rings. The van der Waals surface area contributed by atoms with Gasteiger partial charge in [-0.15, -0.1) is 0 Å². The summed E-state index contributed by atoms with van der Waals surface area (Å²) in [5.74, 6) is -0.120. The van der Waals surface area contributed by atoms with Gasteiger partial charge in [0.05, 0.1) is 11.3 Å². The summed E-state index contributed by atoms with van der Waals surface area (Å²) in [6.45, 7) is 0.680. The van der Waals surface area contributed by atoms with Crippen LogP contribution in [0.4, 0.5) is 5.82 Å². The van der Waals surface area contributed by atoms with Crippen LogP contribution in [0, 0.1) is 10.1 Å². The normalized spacial score (nSPS) is 18.9. The van der Waals surface area contributed by atoms with Crippen molar-refractivity contribution in [3.8, 4) is 11.1 Å². The molecule has 1 aliphatic heterocycles. The maximum absolute atomic E-state index is 11.2. The van der Waals surface area contributed by atoms with Gasteiger partial charge in [0.1, 0.15) is 5.56 Å². The van der Waals surface area contributed by atoms with E-state index in [1.807, 2.05) is 30.3 Å². The quantitative estimate of drug-likeness (QED) is 0.636. The fraction of sp³-hybridized carbons (Fsp3) is 0.357. The van der Waals surface area contributed by atoms with Crippen LogP contribution in [0.3, 0.4) is 0 Å². The first-order valence-electron chi connectivity index (χ1n) is 6.66. The van der Waals surface area contributed by atoms with Crippen molar-refractivity contribution in [3.63, 3.8) is 0 Å². The summed E-state index contributed by atoms with van der Waals surface area (Å²) in [6.07, 6.45) is 4.45. The summed E-state index contributed by atoms with van der Waals surface area (Å²) >= 11 is 0. The number of nitrogens with zero attached hydrogens (tertiary/aromatic N) is 3. The van der Waals surface area contributed by atoms with E-state index in [4.69, 9.17) is 4.74 Å². The van der Waals surface area contributed by atoms with Crippen LogP contribution < -0.4 is 0 Å². The lowest BCUT2D eigenvalue weighted by Crippen LogP contribution is -2.18. The van der Waals surface area contributed by atoms with Crippen LogP contribution in [0.25, 0.3) is 11.1 Å². The molecule has 2 heterocycles. The molecule has 0 N–H and O–H groups in total. The highest BCUT2D eigenvalue weighted by Gasteiger charge is 2.27. The molecule has 6 nitrogen and oxygen atoms in total. The Labute approximate surface area is 116 Å². The molecule has 1 unspecified atom stereocenters. The van der Waals surface area contributed by atoms with Crippen molar-refractivity contribution in [1.29, 1.82) is 0 Å². The van der Waals surface area contributed by atoms with Crippen LogP contribution in [-0.4, -0.2) is 21.3 Å². The predicted molar refractivity (Wildman–Crippen MR) is 73.2 cm³/mol. The number of nitro groups is 1. The van der Waals surface area contributed by atoms with E-state index in [9.17, 15) is 10.1 Å². The van der Waals surface area contributed by atoms with E-state index < -0.39 is 4.92 Å². The first kappa shape index (κ1) is 12.8. The molecule has 20 heavy (non-hydrogen) atoms. The van der Waals surface area contributed by atoms with Gasteiger partial charge in [0, 0.05) is 6.61 Å². The van der Waals surface area contributed by atoms with E-state index in [1.54, 1.807) is 10.9 Å². The Morgan fingerprint density at radius 3 is 2.75 bits per heavy atom. The maximum atomic E-state index is 11.2. The van der Waals surface area contributed by atoms with Gasteiger partial charge in [-0.3, -0.25) is 0 Å². The highest BCUT2D eigenvalue weighted by molar-refractivity contribution is 5.70. The Kier molecular flexibility index (Phi) is 3.47. The van der Waals surface area contributed by atoms with E-state index in [2.05, 4.69) is 5.10 Å². The fourth-order valence-corrected chi connectivity index (χ4v) is 2.42. The zero-order chi connectivity index (χ0) is 13.9. The van der Waals surface area contributed by atoms with E-state index in [-0.39, 0.29) is 12.0 Å². The molecule has 0 radical (unpaired) electrons. The van der Waals surface area contributed by atoms with E-state index in [0.29, 0.717) is 12.2 Å².